The lowest BCUT2D eigenvalue weighted by atomic mass is 10.1. The SMILES string of the molecule is O=C(CCCNC(=O)OCc1ccccc1)NC(Cn1cnc2ccccc21)c1ccc(F)cc1. The van der Waals surface area contributed by atoms with Crippen molar-refractivity contribution in [3.8, 4) is 0 Å². The molecule has 1 aromatic heterocycles. The van der Waals surface area contributed by atoms with E-state index in [0.717, 1.165) is 22.2 Å². The number of halogens is 1. The molecule has 0 spiro atoms. The van der Waals surface area contributed by atoms with E-state index in [4.69, 9.17) is 4.74 Å². The zero-order chi connectivity index (χ0) is 24.5. The van der Waals surface area contributed by atoms with Gasteiger partial charge in [-0.15, -0.1) is 0 Å². The van der Waals surface area contributed by atoms with Crippen molar-refractivity contribution in [2.45, 2.75) is 32.0 Å². The lowest BCUT2D eigenvalue weighted by Gasteiger charge is -2.20. The summed E-state index contributed by atoms with van der Waals surface area (Å²) in [6, 6.07) is 22.9. The molecule has 1 atom stereocenters. The molecule has 35 heavy (non-hydrogen) atoms. The highest BCUT2D eigenvalue weighted by molar-refractivity contribution is 5.77. The molecule has 0 bridgehead atoms. The van der Waals surface area contributed by atoms with Crippen molar-refractivity contribution in [3.63, 3.8) is 0 Å². The Bertz CT molecular complexity index is 1260. The molecule has 1 heterocycles. The molecule has 1 unspecified atom stereocenters. The van der Waals surface area contributed by atoms with Crippen molar-refractivity contribution in [2.24, 2.45) is 0 Å². The van der Waals surface area contributed by atoms with Gasteiger partial charge in [0, 0.05) is 19.5 Å². The van der Waals surface area contributed by atoms with E-state index in [2.05, 4.69) is 15.6 Å². The van der Waals surface area contributed by atoms with Crippen LogP contribution in [0, 0.1) is 5.82 Å². The van der Waals surface area contributed by atoms with E-state index in [9.17, 15) is 14.0 Å². The third kappa shape index (κ3) is 6.89. The third-order valence-corrected chi connectivity index (χ3v) is 5.58. The van der Waals surface area contributed by atoms with Crippen LogP contribution in [0.1, 0.15) is 30.0 Å². The van der Waals surface area contributed by atoms with Crippen LogP contribution in [0.15, 0.2) is 85.2 Å². The molecule has 7 nitrogen and oxygen atoms in total. The average molecular weight is 475 g/mol. The Hall–Kier alpha value is -4.20. The number of ether oxygens (including phenoxy) is 1. The smallest absolute Gasteiger partial charge is 0.407 e. The normalized spacial score (nSPS) is 11.7. The number of alkyl carbamates (subject to hydrolysis) is 1. The van der Waals surface area contributed by atoms with Crippen molar-refractivity contribution in [2.75, 3.05) is 6.54 Å². The first-order valence-corrected chi connectivity index (χ1v) is 11.5. The minimum atomic E-state index is -0.523. The molecular formula is C27H27FN4O3. The van der Waals surface area contributed by atoms with E-state index in [1.54, 1.807) is 18.5 Å². The molecule has 3 aromatic carbocycles. The summed E-state index contributed by atoms with van der Waals surface area (Å²) < 4.78 is 20.6. The van der Waals surface area contributed by atoms with Gasteiger partial charge in [0.1, 0.15) is 12.4 Å². The fourth-order valence-corrected chi connectivity index (χ4v) is 3.76. The number of carbonyl (C=O) groups excluding carboxylic acids is 2. The molecule has 0 radical (unpaired) electrons. The molecule has 0 saturated heterocycles. The second-order valence-corrected chi connectivity index (χ2v) is 8.15. The van der Waals surface area contributed by atoms with Gasteiger partial charge < -0.3 is 19.9 Å². The first-order chi connectivity index (χ1) is 17.1. The standard InChI is InChI=1S/C27H27FN4O3/c28-22-14-12-21(13-15-22)24(17-32-19-30-23-9-4-5-10-25(23)32)31-26(33)11-6-16-29-27(34)35-18-20-7-2-1-3-8-20/h1-5,7-10,12-15,19,24H,6,11,16-18H2,(H,29,34)(H,31,33). The lowest BCUT2D eigenvalue weighted by molar-refractivity contribution is -0.122. The van der Waals surface area contributed by atoms with Gasteiger partial charge in [0.25, 0.3) is 0 Å². The second-order valence-electron chi connectivity index (χ2n) is 8.15. The van der Waals surface area contributed by atoms with Gasteiger partial charge in [-0.05, 0) is 41.8 Å². The van der Waals surface area contributed by atoms with Crippen molar-refractivity contribution in [1.82, 2.24) is 20.2 Å². The fraction of sp³-hybridized carbons (Fsp3) is 0.222. The van der Waals surface area contributed by atoms with E-state index >= 15 is 0 Å². The van der Waals surface area contributed by atoms with Crippen molar-refractivity contribution >= 4 is 23.0 Å². The van der Waals surface area contributed by atoms with Crippen LogP contribution in [-0.4, -0.2) is 28.1 Å². The molecule has 2 amide bonds. The molecule has 4 aromatic rings. The molecule has 8 heteroatoms. The van der Waals surface area contributed by atoms with Gasteiger partial charge in [0.05, 0.1) is 23.4 Å². The molecule has 0 aliphatic rings. The molecule has 4 rings (SSSR count). The van der Waals surface area contributed by atoms with Gasteiger partial charge in [0.2, 0.25) is 5.91 Å². The van der Waals surface area contributed by atoms with E-state index in [0.29, 0.717) is 19.5 Å². The number of hydrogen-bond acceptors (Lipinski definition) is 4. The van der Waals surface area contributed by atoms with Gasteiger partial charge in [-0.2, -0.15) is 0 Å². The molecule has 0 fully saturated rings. The predicted octanol–water partition coefficient (Wildman–Crippen LogP) is 4.74. The maximum absolute atomic E-state index is 13.5. The monoisotopic (exact) mass is 474 g/mol. The summed E-state index contributed by atoms with van der Waals surface area (Å²) in [7, 11) is 0. The van der Waals surface area contributed by atoms with Crippen LogP contribution in [0.25, 0.3) is 11.0 Å². The Labute approximate surface area is 202 Å². The molecule has 0 aliphatic carbocycles. The maximum atomic E-state index is 13.5. The van der Waals surface area contributed by atoms with Crippen molar-refractivity contribution in [3.05, 3.63) is 102 Å². The Morgan fingerprint density at radius 1 is 0.971 bits per heavy atom. The average Bonchev–Trinajstić information content (AvgIpc) is 3.29. The lowest BCUT2D eigenvalue weighted by Crippen LogP contribution is -2.32. The second kappa shape index (κ2) is 11.8. The van der Waals surface area contributed by atoms with Gasteiger partial charge in [-0.3, -0.25) is 4.79 Å². The van der Waals surface area contributed by atoms with E-state index in [1.165, 1.54) is 12.1 Å². The Morgan fingerprint density at radius 3 is 2.51 bits per heavy atom. The topological polar surface area (TPSA) is 85.3 Å². The minimum Gasteiger partial charge on any atom is -0.445 e. The zero-order valence-electron chi connectivity index (χ0n) is 19.2. The Kier molecular flexibility index (Phi) is 8.06. The number of aromatic nitrogens is 2. The Morgan fingerprint density at radius 2 is 1.71 bits per heavy atom. The highest BCUT2D eigenvalue weighted by atomic mass is 19.1. The molecule has 0 aliphatic heterocycles. The summed E-state index contributed by atoms with van der Waals surface area (Å²) in [6.07, 6.45) is 1.89. The van der Waals surface area contributed by atoms with Gasteiger partial charge in [-0.25, -0.2) is 14.2 Å². The number of nitrogens with one attached hydrogen (secondary N) is 2. The van der Waals surface area contributed by atoms with Crippen LogP contribution in [0.3, 0.4) is 0 Å². The molecule has 2 N–H and O–H groups in total. The highest BCUT2D eigenvalue weighted by Gasteiger charge is 2.17. The largest absolute Gasteiger partial charge is 0.445 e. The number of imidazole rings is 1. The van der Waals surface area contributed by atoms with Crippen LogP contribution in [0.4, 0.5) is 9.18 Å². The molecular weight excluding hydrogens is 447 g/mol. The molecule has 180 valence electrons. The highest BCUT2D eigenvalue weighted by Crippen LogP contribution is 2.20. The first-order valence-electron chi connectivity index (χ1n) is 11.5. The summed E-state index contributed by atoms with van der Waals surface area (Å²) in [5.41, 5.74) is 3.51. The maximum Gasteiger partial charge on any atom is 0.407 e. The van der Waals surface area contributed by atoms with Crippen LogP contribution >= 0.6 is 0 Å². The number of carbonyl (C=O) groups is 2. The molecule has 0 saturated carbocycles. The Balaban J connectivity index is 1.29. The van der Waals surface area contributed by atoms with E-state index < -0.39 is 6.09 Å². The number of hydrogen-bond donors (Lipinski definition) is 2. The predicted molar refractivity (Wildman–Crippen MR) is 131 cm³/mol. The summed E-state index contributed by atoms with van der Waals surface area (Å²) >= 11 is 0. The number of nitrogens with zero attached hydrogens (tertiary/aromatic N) is 2. The third-order valence-electron chi connectivity index (χ3n) is 5.58. The number of rotatable bonds is 10. The minimum absolute atomic E-state index is 0.164. The van der Waals surface area contributed by atoms with E-state index in [-0.39, 0.29) is 30.8 Å². The quantitative estimate of drug-likeness (QED) is 0.325. The summed E-state index contributed by atoms with van der Waals surface area (Å²) in [4.78, 5) is 29.0. The summed E-state index contributed by atoms with van der Waals surface area (Å²) in [5.74, 6) is -0.500. The fourth-order valence-electron chi connectivity index (χ4n) is 3.76. The van der Waals surface area contributed by atoms with E-state index in [1.807, 2.05) is 59.2 Å². The zero-order valence-corrected chi connectivity index (χ0v) is 19.2. The van der Waals surface area contributed by atoms with Crippen LogP contribution < -0.4 is 10.6 Å². The summed E-state index contributed by atoms with van der Waals surface area (Å²) in [6.45, 7) is 0.950. The number of amides is 2. The summed E-state index contributed by atoms with van der Waals surface area (Å²) in [5, 5.41) is 5.70. The van der Waals surface area contributed by atoms with Crippen molar-refractivity contribution in [1.29, 1.82) is 0 Å². The van der Waals surface area contributed by atoms with Gasteiger partial charge >= 0.3 is 6.09 Å². The van der Waals surface area contributed by atoms with Crippen LogP contribution in [0.2, 0.25) is 0 Å². The van der Waals surface area contributed by atoms with Gasteiger partial charge in [0.15, 0.2) is 0 Å². The number of fused-ring (bicyclic) bond motifs is 1. The van der Waals surface area contributed by atoms with Crippen LogP contribution in [-0.2, 0) is 22.7 Å². The first kappa shape index (κ1) is 23.9. The number of para-hydroxylation sites is 2. The van der Waals surface area contributed by atoms with Gasteiger partial charge in [-0.1, -0.05) is 54.6 Å². The van der Waals surface area contributed by atoms with Crippen LogP contribution in [0.5, 0.6) is 0 Å². The van der Waals surface area contributed by atoms with Crippen molar-refractivity contribution < 1.29 is 18.7 Å². The number of benzene rings is 3.